The van der Waals surface area contributed by atoms with Crippen LogP contribution in [0.5, 0.6) is 0 Å². The molecule has 1 aromatic heterocycles. The van der Waals surface area contributed by atoms with Crippen molar-refractivity contribution in [3.05, 3.63) is 21.9 Å². The van der Waals surface area contributed by atoms with Crippen molar-refractivity contribution in [3.8, 4) is 0 Å². The number of hydrogen-bond acceptors (Lipinski definition) is 4. The third-order valence-electron chi connectivity index (χ3n) is 2.59. The molecule has 1 aromatic rings. The molecule has 7 nitrogen and oxygen atoms in total. The number of aryl methyl sites for hydroxylation is 1. The fourth-order valence-electron chi connectivity index (χ4n) is 1.30. The predicted octanol–water partition coefficient (Wildman–Crippen LogP) is 1.38. The van der Waals surface area contributed by atoms with Gasteiger partial charge in [-0.2, -0.15) is 4.68 Å². The van der Waals surface area contributed by atoms with Crippen molar-refractivity contribution >= 4 is 11.8 Å². The molecular formula is C9H13N3O4. The summed E-state index contributed by atoms with van der Waals surface area (Å²) in [6.45, 7) is 4.77. The Morgan fingerprint density at radius 2 is 2.19 bits per heavy atom. The van der Waals surface area contributed by atoms with E-state index in [1.54, 1.807) is 13.8 Å². The van der Waals surface area contributed by atoms with Gasteiger partial charge in [-0.15, -0.1) is 0 Å². The third kappa shape index (κ3) is 2.18. The predicted molar refractivity (Wildman–Crippen MR) is 55.1 cm³/mol. The second-order valence-electron chi connectivity index (χ2n) is 3.74. The second-order valence-corrected chi connectivity index (χ2v) is 3.74. The minimum atomic E-state index is -0.955. The zero-order valence-electron chi connectivity index (χ0n) is 9.25. The second kappa shape index (κ2) is 4.30. The van der Waals surface area contributed by atoms with Gasteiger partial charge in [0.1, 0.15) is 0 Å². The van der Waals surface area contributed by atoms with Crippen LogP contribution in [0, 0.1) is 23.0 Å². The molecule has 88 valence electrons. The molecule has 0 amide bonds. The van der Waals surface area contributed by atoms with E-state index in [1.807, 2.05) is 0 Å². The summed E-state index contributed by atoms with van der Waals surface area (Å²) in [6.07, 6.45) is 1.49. The first kappa shape index (κ1) is 12.2. The molecular weight excluding hydrogens is 214 g/mol. The largest absolute Gasteiger partial charge is 0.481 e. The topological polar surface area (TPSA) is 98.3 Å². The number of carboxylic acid groups (broad SMARTS) is 1. The number of carbonyl (C=O) groups is 1. The van der Waals surface area contributed by atoms with Gasteiger partial charge in [-0.25, -0.2) is 0 Å². The Labute approximate surface area is 91.8 Å². The highest BCUT2D eigenvalue weighted by Crippen LogP contribution is 2.21. The first-order chi connectivity index (χ1) is 7.34. The summed E-state index contributed by atoms with van der Waals surface area (Å²) in [7, 11) is 0. The van der Waals surface area contributed by atoms with Crippen LogP contribution in [0.15, 0.2) is 6.20 Å². The summed E-state index contributed by atoms with van der Waals surface area (Å²) >= 11 is 0. The highest BCUT2D eigenvalue weighted by atomic mass is 16.6. The van der Waals surface area contributed by atoms with Gasteiger partial charge in [0, 0.05) is 0 Å². The maximum atomic E-state index is 10.8. The molecule has 1 N–H and O–H groups in total. The molecule has 0 fully saturated rings. The number of aliphatic carboxylic acids is 1. The van der Waals surface area contributed by atoms with Crippen molar-refractivity contribution in [2.75, 3.05) is 0 Å². The van der Waals surface area contributed by atoms with Crippen LogP contribution in [0.25, 0.3) is 0 Å². The Morgan fingerprint density at radius 1 is 1.62 bits per heavy atom. The van der Waals surface area contributed by atoms with E-state index in [1.165, 1.54) is 17.8 Å². The molecule has 1 rings (SSSR count). The number of aromatic nitrogens is 2. The molecule has 2 unspecified atom stereocenters. The van der Waals surface area contributed by atoms with Crippen LogP contribution < -0.4 is 0 Å². The lowest BCUT2D eigenvalue weighted by Crippen LogP contribution is -2.22. The summed E-state index contributed by atoms with van der Waals surface area (Å²) in [5, 5.41) is 23.2. The average molecular weight is 227 g/mol. The number of carboxylic acids is 1. The molecule has 1 heterocycles. The highest BCUT2D eigenvalue weighted by Gasteiger charge is 2.26. The fourth-order valence-corrected chi connectivity index (χ4v) is 1.30. The maximum Gasteiger partial charge on any atom is 0.392 e. The normalized spacial score (nSPS) is 14.4. The zero-order chi connectivity index (χ0) is 12.5. The van der Waals surface area contributed by atoms with E-state index in [-0.39, 0.29) is 5.82 Å². The lowest BCUT2D eigenvalue weighted by molar-refractivity contribution is -0.390. The summed E-state index contributed by atoms with van der Waals surface area (Å²) in [6, 6.07) is -0.426. The van der Waals surface area contributed by atoms with Gasteiger partial charge in [0.15, 0.2) is 0 Å². The Bertz CT molecular complexity index is 426. The van der Waals surface area contributed by atoms with Gasteiger partial charge >= 0.3 is 11.8 Å². The van der Waals surface area contributed by atoms with Crippen molar-refractivity contribution < 1.29 is 14.8 Å². The standard InChI is InChI=1S/C9H13N3O4/c1-5-4-11(10-8(5)12(15)16)7(3)6(2)9(13)14/h4,6-7H,1-3H3,(H,13,14). The van der Waals surface area contributed by atoms with Crippen LogP contribution in [0.1, 0.15) is 25.5 Å². The summed E-state index contributed by atoms with van der Waals surface area (Å²) in [4.78, 5) is 20.8. The van der Waals surface area contributed by atoms with Crippen LogP contribution in [0.3, 0.4) is 0 Å². The molecule has 0 aliphatic heterocycles. The lowest BCUT2D eigenvalue weighted by Gasteiger charge is -2.12. The Hall–Kier alpha value is -1.92. The van der Waals surface area contributed by atoms with E-state index in [4.69, 9.17) is 5.11 Å². The molecule has 2 atom stereocenters. The smallest absolute Gasteiger partial charge is 0.392 e. The molecule has 0 saturated heterocycles. The zero-order valence-corrected chi connectivity index (χ0v) is 9.25. The first-order valence-corrected chi connectivity index (χ1v) is 4.77. The Balaban J connectivity index is 3.01. The van der Waals surface area contributed by atoms with E-state index in [2.05, 4.69) is 5.10 Å². The molecule has 0 aliphatic rings. The van der Waals surface area contributed by atoms with Crippen molar-refractivity contribution in [3.63, 3.8) is 0 Å². The van der Waals surface area contributed by atoms with Crippen LogP contribution in [-0.4, -0.2) is 25.8 Å². The molecule has 0 aliphatic carbocycles. The lowest BCUT2D eigenvalue weighted by atomic mass is 10.1. The number of rotatable bonds is 4. The van der Waals surface area contributed by atoms with E-state index in [0.29, 0.717) is 5.56 Å². The van der Waals surface area contributed by atoms with Crippen LogP contribution in [0.4, 0.5) is 5.82 Å². The monoisotopic (exact) mass is 227 g/mol. The van der Waals surface area contributed by atoms with E-state index >= 15 is 0 Å². The molecule has 7 heteroatoms. The molecule has 0 spiro atoms. The quantitative estimate of drug-likeness (QED) is 0.618. The van der Waals surface area contributed by atoms with Crippen LogP contribution in [-0.2, 0) is 4.79 Å². The minimum Gasteiger partial charge on any atom is -0.481 e. The van der Waals surface area contributed by atoms with Gasteiger partial charge in [-0.1, -0.05) is 0 Å². The van der Waals surface area contributed by atoms with Crippen molar-refractivity contribution in [2.45, 2.75) is 26.8 Å². The minimum absolute atomic E-state index is 0.232. The third-order valence-corrected chi connectivity index (χ3v) is 2.59. The molecule has 0 aromatic carbocycles. The Kier molecular flexibility index (Phi) is 3.26. The van der Waals surface area contributed by atoms with Crippen LogP contribution in [0.2, 0.25) is 0 Å². The maximum absolute atomic E-state index is 10.8. The Morgan fingerprint density at radius 3 is 2.56 bits per heavy atom. The molecule has 16 heavy (non-hydrogen) atoms. The van der Waals surface area contributed by atoms with Crippen molar-refractivity contribution in [1.29, 1.82) is 0 Å². The summed E-state index contributed by atoms with van der Waals surface area (Å²) < 4.78 is 1.33. The summed E-state index contributed by atoms with van der Waals surface area (Å²) in [5.74, 6) is -1.84. The number of hydrogen-bond donors (Lipinski definition) is 1. The van der Waals surface area contributed by atoms with Gasteiger partial charge in [0.05, 0.1) is 28.8 Å². The highest BCUT2D eigenvalue weighted by molar-refractivity contribution is 5.70. The molecule has 0 bridgehead atoms. The number of nitrogens with zero attached hydrogens (tertiary/aromatic N) is 3. The van der Waals surface area contributed by atoms with Gasteiger partial charge in [0.25, 0.3) is 0 Å². The van der Waals surface area contributed by atoms with E-state index in [9.17, 15) is 14.9 Å². The van der Waals surface area contributed by atoms with Gasteiger partial charge in [0.2, 0.25) is 0 Å². The summed E-state index contributed by atoms with van der Waals surface area (Å²) in [5.41, 5.74) is 0.425. The molecule has 0 saturated carbocycles. The van der Waals surface area contributed by atoms with E-state index < -0.39 is 22.9 Å². The van der Waals surface area contributed by atoms with Gasteiger partial charge in [-0.3, -0.25) is 4.79 Å². The van der Waals surface area contributed by atoms with Crippen LogP contribution >= 0.6 is 0 Å². The van der Waals surface area contributed by atoms with E-state index in [0.717, 1.165) is 0 Å². The fraction of sp³-hybridized carbons (Fsp3) is 0.556. The van der Waals surface area contributed by atoms with Crippen molar-refractivity contribution in [2.24, 2.45) is 5.92 Å². The van der Waals surface area contributed by atoms with Gasteiger partial charge in [-0.05, 0) is 25.7 Å². The first-order valence-electron chi connectivity index (χ1n) is 4.77. The molecule has 0 radical (unpaired) electrons. The van der Waals surface area contributed by atoms with Gasteiger partial charge < -0.3 is 15.2 Å². The number of nitro groups is 1. The van der Waals surface area contributed by atoms with Crippen molar-refractivity contribution in [1.82, 2.24) is 9.78 Å². The average Bonchev–Trinajstić information content (AvgIpc) is 2.58. The SMILES string of the molecule is Cc1cn(C(C)C(C)C(=O)O)nc1[N+](=O)[O-].